The zero-order chi connectivity index (χ0) is 23.9. The molecule has 1 unspecified atom stereocenters. The molecule has 0 N–H and O–H groups in total. The van der Waals surface area contributed by atoms with E-state index in [-0.39, 0.29) is 17.9 Å². The van der Waals surface area contributed by atoms with Crippen molar-refractivity contribution in [1.82, 2.24) is 9.88 Å². The van der Waals surface area contributed by atoms with E-state index in [0.29, 0.717) is 34.8 Å². The number of aryl methyl sites for hydroxylation is 1. The fourth-order valence-corrected chi connectivity index (χ4v) is 4.95. The number of nitrogens with zero attached hydrogens (tertiary/aromatic N) is 4. The van der Waals surface area contributed by atoms with Crippen molar-refractivity contribution in [2.75, 3.05) is 11.6 Å². The molecule has 0 saturated carbocycles. The smallest absolute Gasteiger partial charge is 0.231 e. The first-order chi connectivity index (χ1) is 17.1. The Morgan fingerprint density at radius 1 is 0.857 bits per heavy atom. The number of hydrazone groups is 1. The van der Waals surface area contributed by atoms with Gasteiger partial charge in [0, 0.05) is 25.1 Å². The van der Waals surface area contributed by atoms with Gasteiger partial charge >= 0.3 is 0 Å². The minimum atomic E-state index is -0.401. The molecule has 7 heteroatoms. The largest absolute Gasteiger partial charge is 0.439 e. The Morgan fingerprint density at radius 2 is 1.51 bits per heavy atom. The van der Waals surface area contributed by atoms with Crippen LogP contribution < -0.4 is 5.01 Å². The number of oxazole rings is 1. The first-order valence-corrected chi connectivity index (χ1v) is 11.7. The van der Waals surface area contributed by atoms with E-state index >= 15 is 0 Å². The highest BCUT2D eigenvalue weighted by Gasteiger charge is 2.38. The molecule has 5 nitrogen and oxygen atoms in total. The van der Waals surface area contributed by atoms with Gasteiger partial charge in [0.25, 0.3) is 0 Å². The molecule has 176 valence electrons. The molecular weight excluding hydrogens is 446 g/mol. The number of benzene rings is 3. The lowest BCUT2D eigenvalue weighted by Crippen LogP contribution is -2.46. The van der Waals surface area contributed by atoms with Gasteiger partial charge in [-0.1, -0.05) is 54.6 Å². The zero-order valence-electron chi connectivity index (χ0n) is 19.3. The van der Waals surface area contributed by atoms with Crippen molar-refractivity contribution in [2.24, 2.45) is 5.10 Å². The van der Waals surface area contributed by atoms with Gasteiger partial charge < -0.3 is 4.42 Å². The van der Waals surface area contributed by atoms with Crippen LogP contribution in [0.1, 0.15) is 28.9 Å². The summed E-state index contributed by atoms with van der Waals surface area (Å²) in [5, 5.41) is 6.66. The molecular formula is C28H24F2N4O. The fraction of sp³-hybridized carbons (Fsp3) is 0.214. The van der Waals surface area contributed by atoms with Gasteiger partial charge in [-0.05, 0) is 42.7 Å². The van der Waals surface area contributed by atoms with Gasteiger partial charge in [0.05, 0.1) is 11.3 Å². The van der Waals surface area contributed by atoms with Crippen LogP contribution in [0.3, 0.4) is 0 Å². The Hall–Kier alpha value is -3.84. The summed E-state index contributed by atoms with van der Waals surface area (Å²) < 4.78 is 35.0. The summed E-state index contributed by atoms with van der Waals surface area (Å²) in [5.41, 5.74) is 4.06. The van der Waals surface area contributed by atoms with Crippen LogP contribution in [0.25, 0.3) is 11.5 Å². The van der Waals surface area contributed by atoms with Crippen LogP contribution in [0, 0.1) is 18.6 Å². The standard InChI is InChI=1S/C28H24F2N4O/c1-18-27(31-28(35-18)22-11-5-7-13-24(22)30)34-26(16-25(32-34)21-10-4-6-12-23(21)29)33-15-14-19-8-2-3-9-20(19)17-33/h2-13,26H,14-17H2,1H3. The monoisotopic (exact) mass is 470 g/mol. The lowest BCUT2D eigenvalue weighted by Gasteiger charge is -2.36. The average molecular weight is 471 g/mol. The predicted molar refractivity (Wildman–Crippen MR) is 131 cm³/mol. The molecule has 2 aliphatic heterocycles. The average Bonchev–Trinajstić information content (AvgIpc) is 3.48. The molecule has 4 aromatic rings. The minimum absolute atomic E-state index is 0.171. The topological polar surface area (TPSA) is 44.9 Å². The van der Waals surface area contributed by atoms with Crippen LogP contribution in [0.5, 0.6) is 0 Å². The number of hydrogen-bond acceptors (Lipinski definition) is 5. The SMILES string of the molecule is Cc1oc(-c2ccccc2F)nc1N1N=C(c2ccccc2F)CC1N1CCc2ccccc2C1. The van der Waals surface area contributed by atoms with E-state index in [1.54, 1.807) is 37.3 Å². The first kappa shape index (κ1) is 21.7. The zero-order valence-corrected chi connectivity index (χ0v) is 19.3. The molecule has 3 aromatic carbocycles. The summed E-state index contributed by atoms with van der Waals surface area (Å²) in [6.45, 7) is 3.40. The normalized spacial score (nSPS) is 18.0. The van der Waals surface area contributed by atoms with Crippen LogP contribution in [0.15, 0.2) is 82.3 Å². The molecule has 0 radical (unpaired) electrons. The second-order valence-electron chi connectivity index (χ2n) is 8.92. The van der Waals surface area contributed by atoms with Crippen LogP contribution in [0.4, 0.5) is 14.6 Å². The summed E-state index contributed by atoms with van der Waals surface area (Å²) in [6.07, 6.45) is 1.29. The third-order valence-electron chi connectivity index (χ3n) is 6.75. The molecule has 6 rings (SSSR count). The molecule has 0 bridgehead atoms. The highest BCUT2D eigenvalue weighted by Crippen LogP contribution is 2.36. The van der Waals surface area contributed by atoms with E-state index in [0.717, 1.165) is 19.5 Å². The van der Waals surface area contributed by atoms with Gasteiger partial charge in [-0.15, -0.1) is 0 Å². The summed E-state index contributed by atoms with van der Waals surface area (Å²) in [6, 6.07) is 21.5. The van der Waals surface area contributed by atoms with Crippen molar-refractivity contribution >= 4 is 11.5 Å². The quantitative estimate of drug-likeness (QED) is 0.371. The third-order valence-corrected chi connectivity index (χ3v) is 6.75. The molecule has 0 fully saturated rings. The van der Waals surface area contributed by atoms with Gasteiger partial charge in [0.1, 0.15) is 23.6 Å². The van der Waals surface area contributed by atoms with Gasteiger partial charge in [0.15, 0.2) is 5.82 Å². The van der Waals surface area contributed by atoms with Crippen molar-refractivity contribution in [3.8, 4) is 11.5 Å². The van der Waals surface area contributed by atoms with E-state index in [2.05, 4.69) is 34.1 Å². The van der Waals surface area contributed by atoms with E-state index in [1.165, 1.54) is 23.3 Å². The lowest BCUT2D eigenvalue weighted by atomic mass is 9.98. The number of hydrogen-bond donors (Lipinski definition) is 0. The second kappa shape index (κ2) is 8.74. The van der Waals surface area contributed by atoms with Crippen LogP contribution in [-0.4, -0.2) is 28.3 Å². The Balaban J connectivity index is 1.40. The van der Waals surface area contributed by atoms with Crippen LogP contribution in [0.2, 0.25) is 0 Å². The lowest BCUT2D eigenvalue weighted by molar-refractivity contribution is 0.183. The number of rotatable bonds is 4. The summed E-state index contributed by atoms with van der Waals surface area (Å²) in [5.74, 6) is 0.539. The third kappa shape index (κ3) is 3.91. The Kier molecular flexibility index (Phi) is 5.41. The minimum Gasteiger partial charge on any atom is -0.439 e. The van der Waals surface area contributed by atoms with E-state index in [4.69, 9.17) is 9.52 Å². The van der Waals surface area contributed by atoms with Crippen molar-refractivity contribution < 1.29 is 13.2 Å². The number of halogens is 2. The summed E-state index contributed by atoms with van der Waals surface area (Å²) in [4.78, 5) is 7.00. The molecule has 1 atom stereocenters. The molecule has 0 spiro atoms. The maximum Gasteiger partial charge on any atom is 0.231 e. The van der Waals surface area contributed by atoms with E-state index in [9.17, 15) is 8.78 Å². The van der Waals surface area contributed by atoms with Gasteiger partial charge in [-0.3, -0.25) is 4.90 Å². The maximum atomic E-state index is 14.7. The Labute approximate surface area is 202 Å². The summed E-state index contributed by atoms with van der Waals surface area (Å²) in [7, 11) is 0. The Bertz CT molecular complexity index is 1430. The summed E-state index contributed by atoms with van der Waals surface area (Å²) >= 11 is 0. The van der Waals surface area contributed by atoms with Gasteiger partial charge in [-0.25, -0.2) is 13.8 Å². The maximum absolute atomic E-state index is 14.7. The fourth-order valence-electron chi connectivity index (χ4n) is 4.95. The molecule has 0 aliphatic carbocycles. The predicted octanol–water partition coefficient (Wildman–Crippen LogP) is 5.93. The van der Waals surface area contributed by atoms with E-state index in [1.807, 2.05) is 11.1 Å². The van der Waals surface area contributed by atoms with Crippen LogP contribution in [-0.2, 0) is 13.0 Å². The van der Waals surface area contributed by atoms with Crippen molar-refractivity contribution in [2.45, 2.75) is 32.5 Å². The van der Waals surface area contributed by atoms with Crippen molar-refractivity contribution in [1.29, 1.82) is 0 Å². The molecule has 1 aromatic heterocycles. The van der Waals surface area contributed by atoms with Crippen molar-refractivity contribution in [3.63, 3.8) is 0 Å². The number of aromatic nitrogens is 1. The number of anilines is 1. The Morgan fingerprint density at radius 3 is 2.26 bits per heavy atom. The van der Waals surface area contributed by atoms with Crippen molar-refractivity contribution in [3.05, 3.63) is 107 Å². The highest BCUT2D eigenvalue weighted by atomic mass is 19.1. The molecule has 0 amide bonds. The van der Waals surface area contributed by atoms with Gasteiger partial charge in [0.2, 0.25) is 5.89 Å². The van der Waals surface area contributed by atoms with Gasteiger partial charge in [-0.2, -0.15) is 10.1 Å². The number of fused-ring (bicyclic) bond motifs is 1. The second-order valence-corrected chi connectivity index (χ2v) is 8.92. The first-order valence-electron chi connectivity index (χ1n) is 11.7. The molecule has 3 heterocycles. The highest BCUT2D eigenvalue weighted by molar-refractivity contribution is 6.03. The van der Waals surface area contributed by atoms with E-state index < -0.39 is 5.82 Å². The molecule has 0 saturated heterocycles. The molecule has 2 aliphatic rings. The molecule has 35 heavy (non-hydrogen) atoms. The van der Waals surface area contributed by atoms with Crippen LogP contribution >= 0.6 is 0 Å².